The van der Waals surface area contributed by atoms with Crippen LogP contribution in [0.4, 0.5) is 0 Å². The van der Waals surface area contributed by atoms with E-state index < -0.39 is 27.1 Å². The van der Waals surface area contributed by atoms with Crippen molar-refractivity contribution >= 4 is 7.82 Å². The molecular weight excluding hydrogens is 289 g/mol. The molecule has 0 spiro atoms. The third kappa shape index (κ3) is 26.7. The molecule has 0 aromatic carbocycles. The summed E-state index contributed by atoms with van der Waals surface area (Å²) in [5, 5.41) is 16.4. The molecule has 12 heteroatoms. The van der Waals surface area contributed by atoms with E-state index in [9.17, 15) is 14.4 Å². The van der Waals surface area contributed by atoms with Crippen molar-refractivity contribution in [3.8, 4) is 0 Å². The van der Waals surface area contributed by atoms with Crippen LogP contribution < -0.4 is 113 Å². The van der Waals surface area contributed by atoms with E-state index in [-0.39, 0.29) is 119 Å². The van der Waals surface area contributed by atoms with Gasteiger partial charge in [-0.3, -0.25) is 0 Å². The Bertz CT molecular complexity index is 135. The maximum atomic E-state index is 9.79. The van der Waals surface area contributed by atoms with Gasteiger partial charge < -0.3 is 45.5 Å². The Morgan fingerprint density at radius 2 is 1.33 bits per heavy atom. The van der Waals surface area contributed by atoms with Crippen LogP contribution in [0, 0.1) is 0 Å². The number of aliphatic hydroxyl groups excluding tert-OH is 2. The predicted octanol–water partition coefficient (Wildman–Crippen LogP) is -11.3. The molecule has 0 radical (unpaired) electrons. The second-order valence-electron chi connectivity index (χ2n) is 1.54. The van der Waals surface area contributed by atoms with Crippen LogP contribution in [-0.4, -0.2) is 46.0 Å². The van der Waals surface area contributed by atoms with E-state index in [0.717, 1.165) is 0 Å². The molecule has 0 aromatic rings. The predicted molar refractivity (Wildman–Crippen MR) is 37.5 cm³/mol. The van der Waals surface area contributed by atoms with Gasteiger partial charge in [0.1, 0.15) is 6.10 Å². The smallest absolute Gasteiger partial charge is 0.790 e. The van der Waals surface area contributed by atoms with Gasteiger partial charge in [-0.1, -0.05) is 0 Å². The molecule has 0 aromatic heterocycles. The Morgan fingerprint density at radius 3 is 1.40 bits per heavy atom. The molecule has 0 saturated heterocycles. The number of phosphoric acid groups is 1. The van der Waals surface area contributed by atoms with Crippen molar-refractivity contribution in [2.24, 2.45) is 0 Å². The third-order valence-electron chi connectivity index (χ3n) is 0.685. The summed E-state index contributed by atoms with van der Waals surface area (Å²) in [5.41, 5.74) is 0. The minimum absolute atomic E-state index is 0. The molecule has 0 aliphatic heterocycles. The van der Waals surface area contributed by atoms with Gasteiger partial charge in [0.2, 0.25) is 0 Å². The first-order valence-electron chi connectivity index (χ1n) is 2.41. The molecule has 0 fully saturated rings. The van der Waals surface area contributed by atoms with E-state index >= 15 is 0 Å². The van der Waals surface area contributed by atoms with E-state index in [4.69, 9.17) is 10.2 Å². The normalized spacial score (nSPS) is 8.33. The molecule has 0 aliphatic carbocycles. The molecule has 0 atom stereocenters. The van der Waals surface area contributed by atoms with Gasteiger partial charge in [0.05, 0.1) is 21.0 Å². The van der Waals surface area contributed by atoms with Gasteiger partial charge in [0.25, 0.3) is 0 Å². The average molecular weight is 302 g/mol. The van der Waals surface area contributed by atoms with Crippen LogP contribution in [0.25, 0.3) is 0 Å². The summed E-state index contributed by atoms with van der Waals surface area (Å²) in [6.07, 6.45) is -1.33. The maximum absolute atomic E-state index is 9.79. The Morgan fingerprint density at radius 1 is 1.07 bits per heavy atom. The Hall–Kier alpha value is 3.18. The molecule has 0 rings (SSSR count). The summed E-state index contributed by atoms with van der Waals surface area (Å²) >= 11 is 0. The van der Waals surface area contributed by atoms with Gasteiger partial charge >= 0.3 is 103 Å². The van der Waals surface area contributed by atoms with E-state index in [1.807, 2.05) is 0 Å². The molecule has 86 valence electrons. The minimum atomic E-state index is -5.07. The molecule has 0 bridgehead atoms. The largest absolute Gasteiger partial charge is 1.00 e. The maximum Gasteiger partial charge on any atom is 1.00 e. The fraction of sp³-hybridized carbons (Fsp3) is 1.00. The summed E-state index contributed by atoms with van der Waals surface area (Å²) in [4.78, 5) is 19.6. The standard InChI is InChI=1S/C3H9O6P.2K.3H2O/c4-1-3(2-5)9-10(6,7)8;;;;;/h3-5H,1-2H2,(H2,6,7,8);;;3*1H2/q;2*+1;;;/p-2. The first-order chi connectivity index (χ1) is 4.49. The average Bonchev–Trinajstić information content (AvgIpc) is 1.81. The third-order valence-corrected chi connectivity index (χ3v) is 1.24. The molecule has 0 aliphatic rings. The van der Waals surface area contributed by atoms with Crippen LogP contribution in [-0.2, 0) is 9.09 Å². The number of hydrogen-bond donors (Lipinski definition) is 2. The van der Waals surface area contributed by atoms with Crippen molar-refractivity contribution in [3.63, 3.8) is 0 Å². The summed E-state index contributed by atoms with van der Waals surface area (Å²) in [5.74, 6) is 0. The second-order valence-corrected chi connectivity index (χ2v) is 2.65. The van der Waals surface area contributed by atoms with Gasteiger partial charge in [0.15, 0.2) is 0 Å². The van der Waals surface area contributed by atoms with E-state index in [1.165, 1.54) is 0 Å². The van der Waals surface area contributed by atoms with E-state index in [1.54, 1.807) is 0 Å². The van der Waals surface area contributed by atoms with Gasteiger partial charge in [-0.05, 0) is 0 Å². The van der Waals surface area contributed by atoms with Gasteiger partial charge in [0, 0.05) is 0 Å². The summed E-state index contributed by atoms with van der Waals surface area (Å²) < 4.78 is 13.5. The molecule has 15 heavy (non-hydrogen) atoms. The Labute approximate surface area is 172 Å². The topological polar surface area (TPSA) is 207 Å². The van der Waals surface area contributed by atoms with Crippen molar-refractivity contribution in [1.82, 2.24) is 0 Å². The van der Waals surface area contributed by atoms with E-state index in [2.05, 4.69) is 4.52 Å². The fourth-order valence-electron chi connectivity index (χ4n) is 0.307. The van der Waals surface area contributed by atoms with Crippen LogP contribution >= 0.6 is 7.82 Å². The fourth-order valence-corrected chi connectivity index (χ4v) is 0.805. The van der Waals surface area contributed by atoms with Gasteiger partial charge in [-0.15, -0.1) is 0 Å². The SMILES string of the molecule is O.O.O.O=P([O-])([O-])OC(CO)CO.[K+].[K+]. The van der Waals surface area contributed by atoms with Crippen molar-refractivity contribution < 1.29 is 148 Å². The molecule has 8 N–H and O–H groups in total. The van der Waals surface area contributed by atoms with E-state index in [0.29, 0.717) is 0 Å². The number of phosphoric ester groups is 1. The van der Waals surface area contributed by atoms with Crippen molar-refractivity contribution in [2.45, 2.75) is 6.10 Å². The second kappa shape index (κ2) is 19.5. The van der Waals surface area contributed by atoms with Crippen LogP contribution in [0.3, 0.4) is 0 Å². The first-order valence-corrected chi connectivity index (χ1v) is 3.88. The summed E-state index contributed by atoms with van der Waals surface area (Å²) in [7, 11) is -5.07. The minimum Gasteiger partial charge on any atom is -0.790 e. The zero-order chi connectivity index (χ0) is 8.20. The number of rotatable bonds is 4. The summed E-state index contributed by atoms with van der Waals surface area (Å²) in [6.45, 7) is -1.41. The monoisotopic (exact) mass is 302 g/mol. The number of aliphatic hydroxyl groups is 2. The van der Waals surface area contributed by atoms with Crippen LogP contribution in [0.5, 0.6) is 0 Å². The first kappa shape index (κ1) is 36.2. The van der Waals surface area contributed by atoms with Crippen molar-refractivity contribution in [1.29, 1.82) is 0 Å². The molecule has 0 saturated carbocycles. The summed E-state index contributed by atoms with van der Waals surface area (Å²) in [6, 6.07) is 0. The van der Waals surface area contributed by atoms with Crippen LogP contribution in [0.1, 0.15) is 0 Å². The van der Waals surface area contributed by atoms with Gasteiger partial charge in [-0.25, -0.2) is 0 Å². The Kier molecular flexibility index (Phi) is 47.1. The van der Waals surface area contributed by atoms with Crippen molar-refractivity contribution in [2.75, 3.05) is 13.2 Å². The molecule has 9 nitrogen and oxygen atoms in total. The molecule has 0 heterocycles. The molecule has 0 unspecified atom stereocenters. The zero-order valence-corrected chi connectivity index (χ0v) is 15.6. The van der Waals surface area contributed by atoms with Gasteiger partial charge in [-0.2, -0.15) is 0 Å². The molecule has 0 amide bonds. The number of hydrogen-bond acceptors (Lipinski definition) is 6. The quantitative estimate of drug-likeness (QED) is 0.380. The van der Waals surface area contributed by atoms with Crippen LogP contribution in [0.15, 0.2) is 0 Å². The van der Waals surface area contributed by atoms with Crippen molar-refractivity contribution in [3.05, 3.63) is 0 Å². The zero-order valence-electron chi connectivity index (χ0n) is 8.47. The molecular formula is C3H13K2O9P. The van der Waals surface area contributed by atoms with Crippen LogP contribution in [0.2, 0.25) is 0 Å². The Balaban J connectivity index is -0.0000000405.